The number of carbonyl (C=O) groups is 1. The molecule has 5 heteroatoms. The molecular formula is C12H17N3O2. The SMILES string of the molecule is CN1CCCCc2cc(N)c(C(=O)ON)cc21. The number of rotatable bonds is 1. The maximum Gasteiger partial charge on any atom is 0.358 e. The van der Waals surface area contributed by atoms with Gasteiger partial charge < -0.3 is 15.5 Å². The molecular weight excluding hydrogens is 218 g/mol. The van der Waals surface area contributed by atoms with Crippen LogP contribution in [-0.2, 0) is 11.3 Å². The number of aryl methyl sites for hydroxylation is 1. The highest BCUT2D eigenvalue weighted by Gasteiger charge is 2.18. The smallest absolute Gasteiger partial charge is 0.358 e. The van der Waals surface area contributed by atoms with E-state index >= 15 is 0 Å². The fourth-order valence-corrected chi connectivity index (χ4v) is 2.23. The average molecular weight is 235 g/mol. The molecule has 0 aromatic heterocycles. The fourth-order valence-electron chi connectivity index (χ4n) is 2.23. The Bertz CT molecular complexity index is 446. The summed E-state index contributed by atoms with van der Waals surface area (Å²) in [5.41, 5.74) is 8.82. The van der Waals surface area contributed by atoms with E-state index in [4.69, 9.17) is 11.6 Å². The predicted octanol–water partition coefficient (Wildman–Crippen LogP) is 1.07. The molecule has 1 aromatic rings. The van der Waals surface area contributed by atoms with Gasteiger partial charge in [0.05, 0.1) is 5.56 Å². The summed E-state index contributed by atoms with van der Waals surface area (Å²) < 4.78 is 0. The molecule has 4 N–H and O–H groups in total. The highest BCUT2D eigenvalue weighted by molar-refractivity contribution is 5.96. The molecule has 92 valence electrons. The van der Waals surface area contributed by atoms with Gasteiger partial charge in [-0.25, -0.2) is 4.79 Å². The lowest BCUT2D eigenvalue weighted by Gasteiger charge is -2.20. The molecule has 2 rings (SSSR count). The van der Waals surface area contributed by atoms with Gasteiger partial charge in [-0.2, -0.15) is 5.90 Å². The molecule has 1 aromatic carbocycles. The van der Waals surface area contributed by atoms with Crippen molar-refractivity contribution in [1.29, 1.82) is 0 Å². The van der Waals surface area contributed by atoms with Gasteiger partial charge in [-0.1, -0.05) is 0 Å². The van der Waals surface area contributed by atoms with E-state index in [0.29, 0.717) is 11.3 Å². The highest BCUT2D eigenvalue weighted by Crippen LogP contribution is 2.30. The van der Waals surface area contributed by atoms with Crippen molar-refractivity contribution >= 4 is 17.3 Å². The summed E-state index contributed by atoms with van der Waals surface area (Å²) in [4.78, 5) is 17.8. The number of nitrogen functional groups attached to an aromatic ring is 1. The average Bonchev–Trinajstić information content (AvgIpc) is 2.49. The van der Waals surface area contributed by atoms with Crippen LogP contribution in [-0.4, -0.2) is 19.6 Å². The molecule has 0 saturated heterocycles. The Morgan fingerprint density at radius 2 is 2.18 bits per heavy atom. The molecule has 0 bridgehead atoms. The third-order valence-electron chi connectivity index (χ3n) is 3.18. The number of carbonyl (C=O) groups excluding carboxylic acids is 1. The third-order valence-corrected chi connectivity index (χ3v) is 3.18. The second-order valence-electron chi connectivity index (χ2n) is 4.35. The molecule has 0 aliphatic carbocycles. The Balaban J connectivity index is 2.49. The zero-order chi connectivity index (χ0) is 12.4. The Morgan fingerprint density at radius 3 is 2.88 bits per heavy atom. The van der Waals surface area contributed by atoms with Crippen molar-refractivity contribution in [2.75, 3.05) is 24.2 Å². The van der Waals surface area contributed by atoms with E-state index in [1.807, 2.05) is 13.1 Å². The Morgan fingerprint density at radius 1 is 1.41 bits per heavy atom. The van der Waals surface area contributed by atoms with Crippen LogP contribution < -0.4 is 16.5 Å². The first-order valence-electron chi connectivity index (χ1n) is 5.68. The molecule has 0 unspecified atom stereocenters. The number of hydrogen-bond acceptors (Lipinski definition) is 5. The lowest BCUT2D eigenvalue weighted by molar-refractivity contribution is 0.0504. The van der Waals surface area contributed by atoms with Gasteiger partial charge in [0.1, 0.15) is 0 Å². The molecule has 0 spiro atoms. The second-order valence-corrected chi connectivity index (χ2v) is 4.35. The first-order chi connectivity index (χ1) is 8.13. The van der Waals surface area contributed by atoms with Crippen molar-refractivity contribution in [1.82, 2.24) is 0 Å². The highest BCUT2D eigenvalue weighted by atomic mass is 16.7. The molecule has 0 amide bonds. The molecule has 5 nitrogen and oxygen atoms in total. The standard InChI is InChI=1S/C12H17N3O2/c1-15-5-3-2-4-8-6-10(13)9(7-11(8)15)12(16)17-14/h6-7H,2-5,13-14H2,1H3. The molecule has 0 atom stereocenters. The minimum absolute atomic E-state index is 0.333. The first-order valence-corrected chi connectivity index (χ1v) is 5.68. The van der Waals surface area contributed by atoms with Crippen molar-refractivity contribution < 1.29 is 9.63 Å². The first kappa shape index (κ1) is 11.7. The van der Waals surface area contributed by atoms with Gasteiger partial charge >= 0.3 is 5.97 Å². The number of benzene rings is 1. The van der Waals surface area contributed by atoms with Gasteiger partial charge in [-0.05, 0) is 37.0 Å². The van der Waals surface area contributed by atoms with Crippen molar-refractivity contribution in [2.45, 2.75) is 19.3 Å². The number of anilines is 2. The number of nitrogens with two attached hydrogens (primary N) is 2. The number of hydrogen-bond donors (Lipinski definition) is 2. The normalized spacial score (nSPS) is 15.1. The molecule has 0 fully saturated rings. The van der Waals surface area contributed by atoms with E-state index in [0.717, 1.165) is 31.5 Å². The van der Waals surface area contributed by atoms with Crippen LogP contribution >= 0.6 is 0 Å². The van der Waals surface area contributed by atoms with Crippen LogP contribution in [0.5, 0.6) is 0 Å². The maximum absolute atomic E-state index is 11.5. The van der Waals surface area contributed by atoms with Crippen molar-refractivity contribution in [2.24, 2.45) is 5.90 Å². The van der Waals surface area contributed by atoms with Gasteiger partial charge in [0, 0.05) is 25.0 Å². The minimum atomic E-state index is -0.594. The molecule has 1 aliphatic heterocycles. The van der Waals surface area contributed by atoms with Crippen LogP contribution in [0.15, 0.2) is 12.1 Å². The van der Waals surface area contributed by atoms with Crippen LogP contribution in [0.2, 0.25) is 0 Å². The van der Waals surface area contributed by atoms with Crippen LogP contribution in [0.25, 0.3) is 0 Å². The summed E-state index contributed by atoms with van der Waals surface area (Å²) >= 11 is 0. The lowest BCUT2D eigenvalue weighted by atomic mass is 10.0. The van der Waals surface area contributed by atoms with Gasteiger partial charge in [0.15, 0.2) is 0 Å². The zero-order valence-corrected chi connectivity index (χ0v) is 9.90. The van der Waals surface area contributed by atoms with Gasteiger partial charge in [0.25, 0.3) is 0 Å². The second kappa shape index (κ2) is 4.63. The van der Waals surface area contributed by atoms with E-state index in [2.05, 4.69) is 9.74 Å². The van der Waals surface area contributed by atoms with E-state index in [-0.39, 0.29) is 0 Å². The summed E-state index contributed by atoms with van der Waals surface area (Å²) in [6, 6.07) is 3.62. The van der Waals surface area contributed by atoms with Gasteiger partial charge in [-0.15, -0.1) is 0 Å². The van der Waals surface area contributed by atoms with Crippen molar-refractivity contribution in [3.8, 4) is 0 Å². The van der Waals surface area contributed by atoms with E-state index in [1.165, 1.54) is 5.56 Å². The van der Waals surface area contributed by atoms with E-state index in [1.54, 1.807) is 6.07 Å². The lowest BCUT2D eigenvalue weighted by Crippen LogP contribution is -2.19. The monoisotopic (exact) mass is 235 g/mol. The quantitative estimate of drug-likeness (QED) is 0.562. The van der Waals surface area contributed by atoms with Gasteiger partial charge in [0.2, 0.25) is 0 Å². The minimum Gasteiger partial charge on any atom is -0.398 e. The van der Waals surface area contributed by atoms with Crippen LogP contribution in [0.4, 0.5) is 11.4 Å². The predicted molar refractivity (Wildman–Crippen MR) is 66.7 cm³/mol. The Labute approximate surface area is 100 Å². The fraction of sp³-hybridized carbons (Fsp3) is 0.417. The van der Waals surface area contributed by atoms with Crippen molar-refractivity contribution in [3.05, 3.63) is 23.3 Å². The summed E-state index contributed by atoms with van der Waals surface area (Å²) in [5, 5.41) is 0. The number of fused-ring (bicyclic) bond motifs is 1. The third kappa shape index (κ3) is 2.19. The van der Waals surface area contributed by atoms with Crippen molar-refractivity contribution in [3.63, 3.8) is 0 Å². The Hall–Kier alpha value is -1.75. The largest absolute Gasteiger partial charge is 0.398 e. The molecule has 0 saturated carbocycles. The summed E-state index contributed by atoms with van der Waals surface area (Å²) in [7, 11) is 2.01. The van der Waals surface area contributed by atoms with Crippen LogP contribution in [0, 0.1) is 0 Å². The molecule has 1 heterocycles. The van der Waals surface area contributed by atoms with Crippen LogP contribution in [0.3, 0.4) is 0 Å². The van der Waals surface area contributed by atoms with Gasteiger partial charge in [-0.3, -0.25) is 0 Å². The topological polar surface area (TPSA) is 81.6 Å². The molecule has 0 radical (unpaired) electrons. The molecule has 17 heavy (non-hydrogen) atoms. The van der Waals surface area contributed by atoms with E-state index in [9.17, 15) is 4.79 Å². The van der Waals surface area contributed by atoms with E-state index < -0.39 is 5.97 Å². The number of nitrogens with zero attached hydrogens (tertiary/aromatic N) is 1. The maximum atomic E-state index is 11.5. The Kier molecular flexibility index (Phi) is 3.19. The summed E-state index contributed by atoms with van der Waals surface area (Å²) in [6.07, 6.45) is 3.26. The zero-order valence-electron chi connectivity index (χ0n) is 9.90. The van der Waals surface area contributed by atoms with Crippen LogP contribution in [0.1, 0.15) is 28.8 Å². The molecule has 1 aliphatic rings. The summed E-state index contributed by atoms with van der Waals surface area (Å²) in [6.45, 7) is 0.980. The summed E-state index contributed by atoms with van der Waals surface area (Å²) in [5.74, 6) is 4.30.